The van der Waals surface area contributed by atoms with Gasteiger partial charge >= 0.3 is 0 Å². The van der Waals surface area contributed by atoms with Crippen molar-refractivity contribution < 1.29 is 4.74 Å². The Morgan fingerprint density at radius 2 is 2.00 bits per heavy atom. The number of aromatic nitrogens is 2. The Kier molecular flexibility index (Phi) is 3.89. The van der Waals surface area contributed by atoms with Gasteiger partial charge in [-0.05, 0) is 31.3 Å². The monoisotopic (exact) mass is 265 g/mol. The molecule has 4 nitrogen and oxygen atoms in total. The second kappa shape index (κ2) is 5.42. The molecule has 0 saturated heterocycles. The van der Waals surface area contributed by atoms with E-state index in [9.17, 15) is 0 Å². The lowest BCUT2D eigenvalue weighted by Gasteiger charge is -2.03. The highest BCUT2D eigenvalue weighted by atomic mass is 35.5. The van der Waals surface area contributed by atoms with Crippen LogP contribution in [0.5, 0.6) is 5.75 Å². The lowest BCUT2D eigenvalue weighted by atomic mass is 10.2. The van der Waals surface area contributed by atoms with Gasteiger partial charge in [0.25, 0.3) is 0 Å². The molecular formula is C13H16ClN3O. The average Bonchev–Trinajstić information content (AvgIpc) is 2.68. The fourth-order valence-corrected chi connectivity index (χ4v) is 2.00. The molecule has 0 radical (unpaired) electrons. The van der Waals surface area contributed by atoms with Crippen LogP contribution in [0.3, 0.4) is 0 Å². The second-order valence-electron chi connectivity index (χ2n) is 3.99. The van der Waals surface area contributed by atoms with Gasteiger partial charge in [0.2, 0.25) is 0 Å². The minimum atomic E-state index is 0.656. The topological polar surface area (TPSA) is 39.1 Å². The molecule has 0 unspecified atom stereocenters. The summed E-state index contributed by atoms with van der Waals surface area (Å²) in [6.45, 7) is 0.656. The van der Waals surface area contributed by atoms with Crippen LogP contribution in [0, 0.1) is 0 Å². The summed E-state index contributed by atoms with van der Waals surface area (Å²) in [6.07, 6.45) is 0. The number of imidazole rings is 1. The van der Waals surface area contributed by atoms with Crippen LogP contribution in [0.15, 0.2) is 24.3 Å². The Bertz CT molecular complexity index is 534. The van der Waals surface area contributed by atoms with Crippen LogP contribution in [0.25, 0.3) is 11.4 Å². The fraction of sp³-hybridized carbons (Fsp3) is 0.308. The number of nitrogens with one attached hydrogen (secondary N) is 1. The lowest BCUT2D eigenvalue weighted by molar-refractivity contribution is 0.415. The van der Waals surface area contributed by atoms with E-state index < -0.39 is 0 Å². The van der Waals surface area contributed by atoms with Crippen molar-refractivity contribution in [2.75, 3.05) is 14.2 Å². The van der Waals surface area contributed by atoms with Gasteiger partial charge in [-0.15, -0.1) is 0 Å². The highest BCUT2D eigenvalue weighted by Gasteiger charge is 2.13. The molecule has 0 aliphatic rings. The maximum Gasteiger partial charge on any atom is 0.141 e. The Balaban J connectivity index is 2.40. The van der Waals surface area contributed by atoms with Crippen LogP contribution in [0.2, 0.25) is 5.15 Å². The van der Waals surface area contributed by atoms with Crippen molar-refractivity contribution in [1.82, 2.24) is 14.9 Å². The molecule has 0 saturated carbocycles. The van der Waals surface area contributed by atoms with E-state index >= 15 is 0 Å². The van der Waals surface area contributed by atoms with Crippen LogP contribution < -0.4 is 10.1 Å². The summed E-state index contributed by atoms with van der Waals surface area (Å²) in [7, 11) is 5.43. The molecule has 2 aromatic rings. The van der Waals surface area contributed by atoms with Crippen LogP contribution in [0.1, 0.15) is 5.69 Å². The molecule has 0 aliphatic heterocycles. The van der Waals surface area contributed by atoms with Crippen molar-refractivity contribution in [3.63, 3.8) is 0 Å². The molecule has 0 aliphatic carbocycles. The number of halogens is 1. The standard InChI is InChI=1S/C13H16ClN3O/c1-15-8-11-12(14)17(2)13(16-11)9-4-6-10(18-3)7-5-9/h4-7,15H,8H2,1-3H3. The van der Waals surface area contributed by atoms with E-state index in [2.05, 4.69) is 10.3 Å². The number of nitrogens with zero attached hydrogens (tertiary/aromatic N) is 2. The number of benzene rings is 1. The third-order valence-electron chi connectivity index (χ3n) is 2.78. The first kappa shape index (κ1) is 12.9. The molecular weight excluding hydrogens is 250 g/mol. The Labute approximate surface area is 112 Å². The van der Waals surface area contributed by atoms with Gasteiger partial charge in [-0.2, -0.15) is 0 Å². The van der Waals surface area contributed by atoms with E-state index in [0.717, 1.165) is 22.8 Å². The van der Waals surface area contributed by atoms with Gasteiger partial charge < -0.3 is 14.6 Å². The largest absolute Gasteiger partial charge is 0.497 e. The summed E-state index contributed by atoms with van der Waals surface area (Å²) < 4.78 is 7.02. The van der Waals surface area contributed by atoms with Crippen LogP contribution in [0.4, 0.5) is 0 Å². The highest BCUT2D eigenvalue weighted by Crippen LogP contribution is 2.26. The van der Waals surface area contributed by atoms with Crippen LogP contribution in [-0.2, 0) is 13.6 Å². The first-order valence-corrected chi connectivity index (χ1v) is 6.05. The summed E-state index contributed by atoms with van der Waals surface area (Å²) in [5.41, 5.74) is 1.87. The van der Waals surface area contributed by atoms with Crippen LogP contribution in [-0.4, -0.2) is 23.7 Å². The summed E-state index contributed by atoms with van der Waals surface area (Å²) in [5, 5.41) is 3.72. The number of rotatable bonds is 4. The number of ether oxygens (including phenoxy) is 1. The van der Waals surface area contributed by atoms with Crippen molar-refractivity contribution in [3.05, 3.63) is 35.1 Å². The first-order valence-electron chi connectivity index (χ1n) is 5.67. The predicted octanol–water partition coefficient (Wildman–Crippen LogP) is 2.47. The molecule has 0 amide bonds. The Morgan fingerprint density at radius 3 is 2.56 bits per heavy atom. The molecule has 0 atom stereocenters. The van der Waals surface area contributed by atoms with Gasteiger partial charge in [0, 0.05) is 19.2 Å². The van der Waals surface area contributed by atoms with E-state index in [0.29, 0.717) is 11.7 Å². The molecule has 2 rings (SSSR count). The summed E-state index contributed by atoms with van der Waals surface area (Å²) in [5.74, 6) is 1.68. The van der Waals surface area contributed by atoms with Gasteiger partial charge in [-0.1, -0.05) is 11.6 Å². The number of methoxy groups -OCH3 is 1. The van der Waals surface area contributed by atoms with Gasteiger partial charge in [0.15, 0.2) is 0 Å². The Morgan fingerprint density at radius 1 is 1.33 bits per heavy atom. The van der Waals surface area contributed by atoms with Gasteiger partial charge in [-0.25, -0.2) is 4.98 Å². The second-order valence-corrected chi connectivity index (χ2v) is 4.35. The van der Waals surface area contributed by atoms with E-state index in [4.69, 9.17) is 16.3 Å². The Hall–Kier alpha value is -1.52. The van der Waals surface area contributed by atoms with E-state index in [1.165, 1.54) is 0 Å². The predicted molar refractivity (Wildman–Crippen MR) is 73.0 cm³/mol. The molecule has 0 fully saturated rings. The molecule has 1 aromatic heterocycles. The normalized spacial score (nSPS) is 10.7. The zero-order valence-electron chi connectivity index (χ0n) is 10.7. The van der Waals surface area contributed by atoms with Crippen molar-refractivity contribution in [2.24, 2.45) is 7.05 Å². The minimum absolute atomic E-state index is 0.656. The molecule has 18 heavy (non-hydrogen) atoms. The lowest BCUT2D eigenvalue weighted by Crippen LogP contribution is -2.05. The molecule has 0 bridgehead atoms. The van der Waals surface area contributed by atoms with Crippen molar-refractivity contribution in [3.8, 4) is 17.1 Å². The zero-order valence-corrected chi connectivity index (χ0v) is 11.5. The minimum Gasteiger partial charge on any atom is -0.497 e. The molecule has 96 valence electrons. The first-order chi connectivity index (χ1) is 8.67. The molecule has 5 heteroatoms. The average molecular weight is 266 g/mol. The van der Waals surface area contributed by atoms with Crippen molar-refractivity contribution in [2.45, 2.75) is 6.54 Å². The van der Waals surface area contributed by atoms with E-state index in [1.54, 1.807) is 7.11 Å². The van der Waals surface area contributed by atoms with Crippen molar-refractivity contribution >= 4 is 11.6 Å². The van der Waals surface area contributed by atoms with E-state index in [1.807, 2.05) is 42.9 Å². The van der Waals surface area contributed by atoms with Gasteiger partial charge in [0.05, 0.1) is 12.8 Å². The quantitative estimate of drug-likeness (QED) is 0.923. The molecule has 0 spiro atoms. The fourth-order valence-electron chi connectivity index (χ4n) is 1.81. The SMILES string of the molecule is CNCc1nc(-c2ccc(OC)cc2)n(C)c1Cl. The maximum absolute atomic E-state index is 6.24. The summed E-state index contributed by atoms with van der Waals surface area (Å²) >= 11 is 6.24. The van der Waals surface area contributed by atoms with E-state index in [-0.39, 0.29) is 0 Å². The van der Waals surface area contributed by atoms with Crippen LogP contribution >= 0.6 is 11.6 Å². The highest BCUT2D eigenvalue weighted by molar-refractivity contribution is 6.30. The van der Waals surface area contributed by atoms with Gasteiger partial charge in [-0.3, -0.25) is 0 Å². The maximum atomic E-state index is 6.24. The third kappa shape index (κ3) is 2.35. The molecule has 1 N–H and O–H groups in total. The summed E-state index contributed by atoms with van der Waals surface area (Å²) in [6, 6.07) is 7.77. The molecule has 1 heterocycles. The smallest absolute Gasteiger partial charge is 0.141 e. The number of hydrogen-bond donors (Lipinski definition) is 1. The number of hydrogen-bond acceptors (Lipinski definition) is 3. The third-order valence-corrected chi connectivity index (χ3v) is 3.26. The summed E-state index contributed by atoms with van der Waals surface area (Å²) in [4.78, 5) is 4.55. The zero-order chi connectivity index (χ0) is 13.1. The molecule has 1 aromatic carbocycles. The van der Waals surface area contributed by atoms with Crippen molar-refractivity contribution in [1.29, 1.82) is 0 Å². The van der Waals surface area contributed by atoms with Gasteiger partial charge in [0.1, 0.15) is 16.7 Å².